The molecule has 29 heavy (non-hydrogen) atoms. The van der Waals surface area contributed by atoms with Crippen LogP contribution in [0.25, 0.3) is 0 Å². The van der Waals surface area contributed by atoms with Crippen molar-refractivity contribution in [2.75, 3.05) is 5.32 Å². The first-order valence-corrected chi connectivity index (χ1v) is 12.2. The van der Waals surface area contributed by atoms with E-state index in [1.165, 1.54) is 6.20 Å². The molecule has 0 spiro atoms. The molecule has 0 bridgehead atoms. The number of nitrogens with zero attached hydrogens (tertiary/aromatic N) is 2. The number of nitrogens with one attached hydrogen (secondary N) is 1. The minimum absolute atomic E-state index is 0.149. The van der Waals surface area contributed by atoms with Crippen LogP contribution < -0.4 is 10.5 Å². The highest BCUT2D eigenvalue weighted by Crippen LogP contribution is 2.44. The number of nitrogens with two attached hydrogens (primary N) is 1. The Morgan fingerprint density at radius 3 is 2.31 bits per heavy atom. The maximum Gasteiger partial charge on any atom is 0.354 e. The fourth-order valence-electron chi connectivity index (χ4n) is 4.01. The van der Waals surface area contributed by atoms with Crippen LogP contribution in [0.15, 0.2) is 14.8 Å². The molecule has 0 saturated carbocycles. The summed E-state index contributed by atoms with van der Waals surface area (Å²) in [5.74, 6) is 0. The molecular formula is C19H23ClN4O3S2. The van der Waals surface area contributed by atoms with E-state index in [2.05, 4.69) is 14.7 Å². The molecule has 2 aliphatic carbocycles. The van der Waals surface area contributed by atoms with Crippen LogP contribution >= 0.6 is 22.9 Å². The molecule has 1 aromatic heterocycles. The highest BCUT2D eigenvalue weighted by atomic mass is 35.5. The van der Waals surface area contributed by atoms with Crippen molar-refractivity contribution in [3.05, 3.63) is 38.5 Å². The van der Waals surface area contributed by atoms with Gasteiger partial charge in [-0.3, -0.25) is 0 Å². The number of aliphatic hydroxyl groups is 1. The van der Waals surface area contributed by atoms with Crippen LogP contribution in [0.3, 0.4) is 0 Å². The number of carbonyl (C=O) groups excluding carboxylic acids is 1. The number of amides is 2. The lowest BCUT2D eigenvalue weighted by Gasteiger charge is -2.17. The first-order valence-electron chi connectivity index (χ1n) is 9.47. The summed E-state index contributed by atoms with van der Waals surface area (Å²) < 4.78 is 16.8. The number of benzene rings is 1. The summed E-state index contributed by atoms with van der Waals surface area (Å²) in [6, 6.07) is -0.749. The molecule has 4 rings (SSSR count). The number of thiazole rings is 1. The van der Waals surface area contributed by atoms with Crippen LogP contribution in [0, 0.1) is 0 Å². The Morgan fingerprint density at radius 2 is 1.79 bits per heavy atom. The number of fused-ring (bicyclic) bond motifs is 2. The normalized spacial score (nSPS) is 17.6. The Morgan fingerprint density at radius 1 is 1.24 bits per heavy atom. The summed E-state index contributed by atoms with van der Waals surface area (Å²) in [7, 11) is -3.47. The van der Waals surface area contributed by atoms with Crippen molar-refractivity contribution in [3.63, 3.8) is 0 Å². The monoisotopic (exact) mass is 454 g/mol. The van der Waals surface area contributed by atoms with E-state index in [1.54, 1.807) is 13.8 Å². The molecule has 1 unspecified atom stereocenters. The molecule has 10 heteroatoms. The van der Waals surface area contributed by atoms with Gasteiger partial charge in [0.15, 0.2) is 9.92 Å². The number of carbonyl (C=O) groups is 1. The third-order valence-corrected chi connectivity index (χ3v) is 8.96. The van der Waals surface area contributed by atoms with Crippen molar-refractivity contribution in [1.82, 2.24) is 4.98 Å². The summed E-state index contributed by atoms with van der Waals surface area (Å²) >= 11 is 7.59. The second kappa shape index (κ2) is 7.31. The van der Waals surface area contributed by atoms with Gasteiger partial charge in [-0.2, -0.15) is 0 Å². The topological polar surface area (TPSA) is 118 Å². The van der Waals surface area contributed by atoms with Gasteiger partial charge in [-0.25, -0.2) is 19.1 Å². The Bertz CT molecular complexity index is 1090. The minimum Gasteiger partial charge on any atom is -0.383 e. The second-order valence-corrected chi connectivity index (χ2v) is 11.4. The molecule has 1 atom stereocenters. The molecule has 1 aromatic carbocycles. The predicted octanol–water partition coefficient (Wildman–Crippen LogP) is 3.93. The van der Waals surface area contributed by atoms with Crippen molar-refractivity contribution in [2.24, 2.45) is 9.50 Å². The molecule has 0 fully saturated rings. The Kier molecular flexibility index (Phi) is 5.23. The van der Waals surface area contributed by atoms with Crippen molar-refractivity contribution < 1.29 is 14.1 Å². The molecule has 2 aromatic rings. The number of anilines is 1. The first kappa shape index (κ1) is 20.7. The zero-order chi connectivity index (χ0) is 21.0. The van der Waals surface area contributed by atoms with Gasteiger partial charge in [-0.15, -0.1) is 15.7 Å². The van der Waals surface area contributed by atoms with Gasteiger partial charge in [-0.05, 0) is 74.6 Å². The zero-order valence-corrected chi connectivity index (χ0v) is 18.6. The Hall–Kier alpha value is -1.52. The molecule has 156 valence electrons. The van der Waals surface area contributed by atoms with E-state index in [4.69, 9.17) is 16.7 Å². The van der Waals surface area contributed by atoms with Crippen LogP contribution in [0.4, 0.5) is 10.5 Å². The average Bonchev–Trinajstić information content (AvgIpc) is 3.37. The van der Waals surface area contributed by atoms with Gasteiger partial charge in [-0.1, -0.05) is 11.6 Å². The number of hydrogen-bond donors (Lipinski definition) is 3. The van der Waals surface area contributed by atoms with Crippen molar-refractivity contribution in [3.8, 4) is 0 Å². The highest BCUT2D eigenvalue weighted by molar-refractivity contribution is 7.93. The van der Waals surface area contributed by atoms with E-state index in [1.807, 2.05) is 0 Å². The van der Waals surface area contributed by atoms with E-state index in [-0.39, 0.29) is 4.21 Å². The maximum atomic E-state index is 12.9. The smallest absolute Gasteiger partial charge is 0.354 e. The minimum atomic E-state index is -3.47. The highest BCUT2D eigenvalue weighted by Gasteiger charge is 2.29. The zero-order valence-electron chi connectivity index (χ0n) is 16.2. The molecule has 0 radical (unpaired) electrons. The summed E-state index contributed by atoms with van der Waals surface area (Å²) in [6.07, 6.45) is 6.78. The Balaban J connectivity index is 1.67. The van der Waals surface area contributed by atoms with Gasteiger partial charge in [0.2, 0.25) is 0 Å². The molecule has 4 N–H and O–H groups in total. The number of urea groups is 1. The number of rotatable bonds is 3. The maximum absolute atomic E-state index is 12.9. The number of hydrogen-bond acceptors (Lipinski definition) is 5. The third-order valence-electron chi connectivity index (χ3n) is 5.32. The summed E-state index contributed by atoms with van der Waals surface area (Å²) in [4.78, 5) is 16.7. The van der Waals surface area contributed by atoms with E-state index < -0.39 is 21.5 Å². The van der Waals surface area contributed by atoms with Crippen molar-refractivity contribution in [2.45, 2.75) is 62.2 Å². The lowest BCUT2D eigenvalue weighted by Crippen LogP contribution is -2.18. The van der Waals surface area contributed by atoms with Gasteiger partial charge in [0.25, 0.3) is 0 Å². The molecule has 7 nitrogen and oxygen atoms in total. The fraction of sp³-hybridized carbons (Fsp3) is 0.474. The van der Waals surface area contributed by atoms with Gasteiger partial charge in [0.05, 0.1) is 6.20 Å². The van der Waals surface area contributed by atoms with Gasteiger partial charge < -0.3 is 10.4 Å². The molecule has 0 aliphatic heterocycles. The van der Waals surface area contributed by atoms with Gasteiger partial charge in [0.1, 0.15) is 14.8 Å². The molecule has 1 heterocycles. The molecule has 2 amide bonds. The van der Waals surface area contributed by atoms with E-state index in [0.29, 0.717) is 5.01 Å². The van der Waals surface area contributed by atoms with Crippen LogP contribution in [0.1, 0.15) is 54.0 Å². The SMILES string of the molecule is CC(C)(O)c1ncc(S(N)(=O)=NC(=O)Nc2c3c(c(Cl)c4c2CCC4)CCC3)s1. The molecule has 2 aliphatic rings. The lowest BCUT2D eigenvalue weighted by molar-refractivity contribution is 0.0783. The van der Waals surface area contributed by atoms with Gasteiger partial charge >= 0.3 is 6.03 Å². The molecular weight excluding hydrogens is 432 g/mol. The van der Waals surface area contributed by atoms with E-state index in [9.17, 15) is 14.1 Å². The van der Waals surface area contributed by atoms with Crippen LogP contribution in [-0.2, 0) is 41.2 Å². The first-order chi connectivity index (χ1) is 13.6. The van der Waals surface area contributed by atoms with E-state index in [0.717, 1.165) is 82.8 Å². The predicted molar refractivity (Wildman–Crippen MR) is 115 cm³/mol. The lowest BCUT2D eigenvalue weighted by atomic mass is 9.98. The number of halogens is 1. The fourth-order valence-corrected chi connectivity index (χ4v) is 6.49. The average molecular weight is 455 g/mol. The third kappa shape index (κ3) is 3.82. The molecule has 0 saturated heterocycles. The van der Waals surface area contributed by atoms with E-state index >= 15 is 0 Å². The van der Waals surface area contributed by atoms with Crippen molar-refractivity contribution >= 4 is 44.6 Å². The number of aromatic nitrogens is 1. The van der Waals surface area contributed by atoms with Gasteiger partial charge in [0, 0.05) is 10.7 Å². The van der Waals surface area contributed by atoms with Crippen LogP contribution in [-0.4, -0.2) is 20.3 Å². The summed E-state index contributed by atoms with van der Waals surface area (Å²) in [5, 5.41) is 19.9. The van der Waals surface area contributed by atoms with Crippen molar-refractivity contribution in [1.29, 1.82) is 0 Å². The van der Waals surface area contributed by atoms with Crippen LogP contribution in [0.2, 0.25) is 5.02 Å². The quantitative estimate of drug-likeness (QED) is 0.650. The second-order valence-electron chi connectivity index (χ2n) is 7.94. The standard InChI is InChI=1S/C19H23ClN4O3S2/c1-19(2,26)17-22-9-14(28-17)29(21,27)24-18(25)23-16-12-7-3-5-10(12)15(20)11-6-4-8-13(11)16/h9,26H,3-8H2,1-2H3,(H3,21,23,24,25,27). The van der Waals surface area contributed by atoms with Crippen LogP contribution in [0.5, 0.6) is 0 Å². The largest absolute Gasteiger partial charge is 0.383 e. The summed E-state index contributed by atoms with van der Waals surface area (Å²) in [5.41, 5.74) is 3.90. The Labute approximate surface area is 179 Å². The summed E-state index contributed by atoms with van der Waals surface area (Å²) in [6.45, 7) is 3.14.